The molecule has 0 radical (unpaired) electrons. The lowest BCUT2D eigenvalue weighted by Crippen LogP contribution is -2.28. The van der Waals surface area contributed by atoms with Crippen LogP contribution in [0.1, 0.15) is 15.9 Å². The van der Waals surface area contributed by atoms with E-state index >= 15 is 0 Å². The maximum absolute atomic E-state index is 12.4. The molecule has 0 spiro atoms. The highest BCUT2D eigenvalue weighted by Crippen LogP contribution is 2.32. The Kier molecular flexibility index (Phi) is 3.58. The van der Waals surface area contributed by atoms with E-state index in [1.807, 2.05) is 18.2 Å². The van der Waals surface area contributed by atoms with Crippen LogP contribution in [0.4, 0.5) is 0 Å². The molecule has 1 aliphatic rings. The lowest BCUT2D eigenvalue weighted by atomic mass is 10.1. The fraction of sp³-hybridized carbons (Fsp3) is 0.250. The molecule has 1 aromatic heterocycles. The van der Waals surface area contributed by atoms with Gasteiger partial charge in [-0.25, -0.2) is 0 Å². The quantitative estimate of drug-likeness (QED) is 0.859. The average molecular weight is 300 g/mol. The molecule has 1 amide bonds. The third-order valence-electron chi connectivity index (χ3n) is 3.55. The molecule has 0 bridgehead atoms. The lowest BCUT2D eigenvalue weighted by Gasteiger charge is -2.17. The fourth-order valence-corrected chi connectivity index (χ4v) is 2.29. The summed E-state index contributed by atoms with van der Waals surface area (Å²) in [7, 11) is 3.34. The zero-order valence-corrected chi connectivity index (χ0v) is 12.4. The molecule has 2 aromatic rings. The van der Waals surface area contributed by atoms with Crippen molar-refractivity contribution >= 4 is 5.91 Å². The Morgan fingerprint density at radius 1 is 1.23 bits per heavy atom. The first-order chi connectivity index (χ1) is 10.5. The maximum atomic E-state index is 12.4. The molecule has 1 aromatic carbocycles. The Morgan fingerprint density at radius 3 is 2.77 bits per heavy atom. The van der Waals surface area contributed by atoms with E-state index in [0.29, 0.717) is 23.6 Å². The van der Waals surface area contributed by atoms with Crippen LogP contribution in [0, 0.1) is 0 Å². The van der Waals surface area contributed by atoms with E-state index in [2.05, 4.69) is 0 Å². The molecule has 0 unspecified atom stereocenters. The zero-order chi connectivity index (χ0) is 15.7. The molecule has 0 fully saturated rings. The molecule has 6 heteroatoms. The van der Waals surface area contributed by atoms with Crippen LogP contribution in [-0.4, -0.2) is 29.2 Å². The predicted octanol–water partition coefficient (Wildman–Crippen LogP) is 1.39. The Bertz CT molecular complexity index is 782. The number of amides is 1. The number of aryl methyl sites for hydroxylation is 1. The number of ether oxygens (including phenoxy) is 2. The predicted molar refractivity (Wildman–Crippen MR) is 80.0 cm³/mol. The van der Waals surface area contributed by atoms with Gasteiger partial charge >= 0.3 is 0 Å². The van der Waals surface area contributed by atoms with E-state index in [4.69, 9.17) is 9.47 Å². The van der Waals surface area contributed by atoms with E-state index in [-0.39, 0.29) is 18.3 Å². The minimum Gasteiger partial charge on any atom is -0.454 e. The molecule has 1 aliphatic heterocycles. The summed E-state index contributed by atoms with van der Waals surface area (Å²) >= 11 is 0. The van der Waals surface area contributed by atoms with E-state index in [0.717, 1.165) is 5.56 Å². The lowest BCUT2D eigenvalue weighted by molar-refractivity contribution is 0.0784. The van der Waals surface area contributed by atoms with Gasteiger partial charge in [0.2, 0.25) is 6.79 Å². The van der Waals surface area contributed by atoms with Gasteiger partial charge in [0.05, 0.1) is 0 Å². The molecule has 0 atom stereocenters. The molecule has 6 nitrogen and oxygen atoms in total. The van der Waals surface area contributed by atoms with Gasteiger partial charge in [0.25, 0.3) is 11.5 Å². The van der Waals surface area contributed by atoms with Crippen molar-refractivity contribution in [1.29, 1.82) is 0 Å². The Morgan fingerprint density at radius 2 is 2.00 bits per heavy atom. The average Bonchev–Trinajstić information content (AvgIpc) is 2.97. The first kappa shape index (κ1) is 14.2. The van der Waals surface area contributed by atoms with E-state index in [1.54, 1.807) is 31.3 Å². The second kappa shape index (κ2) is 5.55. The summed E-state index contributed by atoms with van der Waals surface area (Å²) in [6.45, 7) is 0.644. The van der Waals surface area contributed by atoms with Crippen LogP contribution in [0.3, 0.4) is 0 Å². The number of rotatable bonds is 3. The van der Waals surface area contributed by atoms with Crippen molar-refractivity contribution in [3.8, 4) is 11.5 Å². The van der Waals surface area contributed by atoms with Crippen LogP contribution in [0.2, 0.25) is 0 Å². The number of fused-ring (bicyclic) bond motifs is 1. The van der Waals surface area contributed by atoms with Gasteiger partial charge in [0, 0.05) is 38.5 Å². The molecular formula is C16H16N2O4. The Hall–Kier alpha value is -2.76. The van der Waals surface area contributed by atoms with Crippen LogP contribution in [-0.2, 0) is 13.6 Å². The maximum Gasteiger partial charge on any atom is 0.254 e. The number of aromatic nitrogens is 1. The van der Waals surface area contributed by atoms with Gasteiger partial charge in [0.1, 0.15) is 0 Å². The van der Waals surface area contributed by atoms with E-state index in [9.17, 15) is 9.59 Å². The second-order valence-electron chi connectivity index (χ2n) is 5.21. The highest BCUT2D eigenvalue weighted by Gasteiger charge is 2.16. The van der Waals surface area contributed by atoms with Crippen molar-refractivity contribution in [2.45, 2.75) is 6.54 Å². The first-order valence-corrected chi connectivity index (χ1v) is 6.85. The Balaban J connectivity index is 1.76. The summed E-state index contributed by atoms with van der Waals surface area (Å²) in [5.41, 5.74) is 1.11. The number of benzene rings is 1. The van der Waals surface area contributed by atoms with Crippen LogP contribution in [0.25, 0.3) is 0 Å². The number of carbonyl (C=O) groups excluding carboxylic acids is 1. The first-order valence-electron chi connectivity index (χ1n) is 6.85. The summed E-state index contributed by atoms with van der Waals surface area (Å²) in [6.07, 6.45) is 1.59. The molecule has 3 rings (SSSR count). The van der Waals surface area contributed by atoms with E-state index < -0.39 is 0 Å². The van der Waals surface area contributed by atoms with Crippen LogP contribution in [0.15, 0.2) is 41.3 Å². The number of nitrogens with zero attached hydrogens (tertiary/aromatic N) is 2. The molecule has 0 N–H and O–H groups in total. The number of hydrogen-bond donors (Lipinski definition) is 0. The smallest absolute Gasteiger partial charge is 0.254 e. The van der Waals surface area contributed by atoms with Crippen molar-refractivity contribution in [1.82, 2.24) is 9.47 Å². The molecule has 0 aliphatic carbocycles. The third kappa shape index (κ3) is 2.67. The van der Waals surface area contributed by atoms with Gasteiger partial charge in [-0.15, -0.1) is 0 Å². The summed E-state index contributed by atoms with van der Waals surface area (Å²) in [5, 5.41) is 0. The number of carbonyl (C=O) groups is 1. The highest BCUT2D eigenvalue weighted by atomic mass is 16.7. The summed E-state index contributed by atoms with van der Waals surface area (Å²) < 4.78 is 12.0. The molecule has 114 valence electrons. The zero-order valence-electron chi connectivity index (χ0n) is 12.4. The monoisotopic (exact) mass is 300 g/mol. The number of hydrogen-bond acceptors (Lipinski definition) is 4. The van der Waals surface area contributed by atoms with Crippen molar-refractivity contribution in [3.63, 3.8) is 0 Å². The topological polar surface area (TPSA) is 60.8 Å². The van der Waals surface area contributed by atoms with Crippen LogP contribution >= 0.6 is 0 Å². The van der Waals surface area contributed by atoms with Gasteiger partial charge in [-0.1, -0.05) is 6.07 Å². The molecule has 0 saturated heterocycles. The van der Waals surface area contributed by atoms with Gasteiger partial charge in [-0.3, -0.25) is 9.59 Å². The number of pyridine rings is 1. The molecule has 22 heavy (non-hydrogen) atoms. The molecule has 2 heterocycles. The van der Waals surface area contributed by atoms with Crippen molar-refractivity contribution in [3.05, 3.63) is 58.0 Å². The normalized spacial score (nSPS) is 12.3. The van der Waals surface area contributed by atoms with Gasteiger partial charge in [-0.05, 0) is 23.8 Å². The summed E-state index contributed by atoms with van der Waals surface area (Å²) in [6, 6.07) is 8.56. The fourth-order valence-electron chi connectivity index (χ4n) is 2.29. The van der Waals surface area contributed by atoms with Gasteiger partial charge in [0.15, 0.2) is 11.5 Å². The van der Waals surface area contributed by atoms with Crippen LogP contribution < -0.4 is 15.0 Å². The SMILES string of the molecule is CN(Cc1ccc2c(c1)OCO2)C(=O)c1ccn(C)c(=O)c1. The minimum absolute atomic E-state index is 0.199. The van der Waals surface area contributed by atoms with Crippen molar-refractivity contribution < 1.29 is 14.3 Å². The largest absolute Gasteiger partial charge is 0.454 e. The summed E-state index contributed by atoms with van der Waals surface area (Å²) in [4.78, 5) is 25.5. The second-order valence-corrected chi connectivity index (χ2v) is 5.21. The van der Waals surface area contributed by atoms with Gasteiger partial charge < -0.3 is 18.9 Å². The minimum atomic E-state index is -0.206. The highest BCUT2D eigenvalue weighted by molar-refractivity contribution is 5.93. The van der Waals surface area contributed by atoms with E-state index in [1.165, 1.54) is 10.6 Å². The van der Waals surface area contributed by atoms with Crippen molar-refractivity contribution in [2.24, 2.45) is 7.05 Å². The van der Waals surface area contributed by atoms with Gasteiger partial charge in [-0.2, -0.15) is 0 Å². The Labute approximate surface area is 127 Å². The molecular weight excluding hydrogens is 284 g/mol. The molecule has 0 saturated carbocycles. The van der Waals surface area contributed by atoms with Crippen LogP contribution in [0.5, 0.6) is 11.5 Å². The summed E-state index contributed by atoms with van der Waals surface area (Å²) in [5.74, 6) is 1.20. The van der Waals surface area contributed by atoms with Crippen molar-refractivity contribution in [2.75, 3.05) is 13.8 Å². The standard InChI is InChI=1S/C16H16N2O4/c1-17-6-5-12(8-15(17)19)16(20)18(2)9-11-3-4-13-14(7-11)22-10-21-13/h3-8H,9-10H2,1-2H3. The third-order valence-corrected chi connectivity index (χ3v) is 3.55.